The van der Waals surface area contributed by atoms with Gasteiger partial charge in [-0.1, -0.05) is 0 Å². The van der Waals surface area contributed by atoms with Crippen molar-refractivity contribution < 1.29 is 14.2 Å². The van der Waals surface area contributed by atoms with Crippen LogP contribution in [0.1, 0.15) is 43.0 Å². The summed E-state index contributed by atoms with van der Waals surface area (Å²) in [5.41, 5.74) is 2.97. The number of hydrogen-bond acceptors (Lipinski definition) is 7. The molecule has 1 aliphatic heterocycles. The molecule has 0 radical (unpaired) electrons. The van der Waals surface area contributed by atoms with Crippen molar-refractivity contribution in [1.82, 2.24) is 24.9 Å². The number of anilines is 1. The predicted octanol–water partition coefficient (Wildman–Crippen LogP) is 2.47. The van der Waals surface area contributed by atoms with Crippen LogP contribution in [0.15, 0.2) is 18.2 Å². The summed E-state index contributed by atoms with van der Waals surface area (Å²) < 4.78 is 21.7. The lowest BCUT2D eigenvalue weighted by molar-refractivity contribution is 0.278. The Hall–Kier alpha value is -2.78. The summed E-state index contributed by atoms with van der Waals surface area (Å²) in [6, 6.07) is 4.96. The molecule has 0 spiro atoms. The highest BCUT2D eigenvalue weighted by Crippen LogP contribution is 2.43. The number of ether oxygens (including phenoxy) is 1. The zero-order valence-electron chi connectivity index (χ0n) is 16.9. The molecule has 30 heavy (non-hydrogen) atoms. The maximum absolute atomic E-state index is 14.5. The molecule has 1 atom stereocenters. The number of aliphatic hydroxyl groups is 1. The van der Waals surface area contributed by atoms with Crippen LogP contribution < -0.4 is 15.4 Å². The lowest BCUT2D eigenvalue weighted by atomic mass is 10.1. The Morgan fingerprint density at radius 3 is 2.87 bits per heavy atom. The molecule has 2 aliphatic rings. The summed E-state index contributed by atoms with van der Waals surface area (Å²) in [5, 5.41) is 21.2. The predicted molar refractivity (Wildman–Crippen MR) is 110 cm³/mol. The molecule has 0 aromatic carbocycles. The number of hydrogen-bond donors (Lipinski definition) is 3. The average Bonchev–Trinajstić information content (AvgIpc) is 3.56. The molecule has 4 heterocycles. The second-order valence-electron chi connectivity index (χ2n) is 7.92. The van der Waals surface area contributed by atoms with Crippen molar-refractivity contribution >= 4 is 11.5 Å². The van der Waals surface area contributed by atoms with Gasteiger partial charge in [-0.15, -0.1) is 0 Å². The van der Waals surface area contributed by atoms with Crippen LogP contribution in [-0.2, 0) is 6.61 Å². The van der Waals surface area contributed by atoms with Crippen molar-refractivity contribution in [2.24, 2.45) is 0 Å². The second-order valence-corrected chi connectivity index (χ2v) is 7.92. The van der Waals surface area contributed by atoms with Gasteiger partial charge >= 0.3 is 0 Å². The summed E-state index contributed by atoms with van der Waals surface area (Å²) in [5.74, 6) is 0.868. The van der Waals surface area contributed by atoms with Gasteiger partial charge in [-0.2, -0.15) is 5.10 Å². The van der Waals surface area contributed by atoms with Crippen LogP contribution >= 0.6 is 0 Å². The van der Waals surface area contributed by atoms with Gasteiger partial charge < -0.3 is 20.5 Å². The lowest BCUT2D eigenvalue weighted by Gasteiger charge is -2.24. The fourth-order valence-corrected chi connectivity index (χ4v) is 4.03. The Morgan fingerprint density at radius 2 is 2.17 bits per heavy atom. The van der Waals surface area contributed by atoms with Crippen LogP contribution in [0.5, 0.6) is 5.75 Å². The van der Waals surface area contributed by atoms with E-state index in [1.807, 2.05) is 6.07 Å². The molecule has 1 unspecified atom stereocenters. The minimum absolute atomic E-state index is 0.124. The molecular formula is C21H25FN6O2. The van der Waals surface area contributed by atoms with E-state index in [0.717, 1.165) is 44.5 Å². The van der Waals surface area contributed by atoms with Crippen molar-refractivity contribution in [3.05, 3.63) is 35.4 Å². The number of methoxy groups -OCH3 is 1. The number of rotatable bonds is 6. The molecule has 2 fully saturated rings. The van der Waals surface area contributed by atoms with E-state index in [-0.39, 0.29) is 18.5 Å². The molecule has 0 amide bonds. The van der Waals surface area contributed by atoms with Crippen LogP contribution in [-0.4, -0.2) is 50.9 Å². The number of aliphatic hydroxyl groups excluding tert-OH is 1. The van der Waals surface area contributed by atoms with Gasteiger partial charge in [-0.05, 0) is 44.4 Å². The number of imidazole rings is 1. The van der Waals surface area contributed by atoms with E-state index in [4.69, 9.17) is 9.84 Å². The van der Waals surface area contributed by atoms with Crippen LogP contribution in [0.25, 0.3) is 17.0 Å². The third-order valence-electron chi connectivity index (χ3n) is 5.73. The maximum Gasteiger partial charge on any atom is 0.165 e. The summed E-state index contributed by atoms with van der Waals surface area (Å²) in [6.07, 6.45) is 4.15. The summed E-state index contributed by atoms with van der Waals surface area (Å²) >= 11 is 0. The quantitative estimate of drug-likeness (QED) is 0.572. The molecule has 9 heteroatoms. The molecule has 8 nitrogen and oxygen atoms in total. The Morgan fingerprint density at radius 1 is 1.30 bits per heavy atom. The van der Waals surface area contributed by atoms with Crippen LogP contribution in [0.2, 0.25) is 0 Å². The van der Waals surface area contributed by atoms with Crippen LogP contribution in [0, 0.1) is 5.82 Å². The number of nitrogens with one attached hydrogen (secondary N) is 2. The number of aromatic nitrogens is 4. The largest absolute Gasteiger partial charge is 0.495 e. The molecule has 0 bridgehead atoms. The van der Waals surface area contributed by atoms with E-state index in [0.29, 0.717) is 34.4 Å². The highest BCUT2D eigenvalue weighted by Gasteiger charge is 2.30. The SMILES string of the molecule is COc1cc2nc(CO)c(-c3ccc(F)c(NC4CCCNC4)n3)n2nc1C1CC1. The van der Waals surface area contributed by atoms with Crippen molar-refractivity contribution in [2.75, 3.05) is 25.5 Å². The van der Waals surface area contributed by atoms with Crippen LogP contribution in [0.3, 0.4) is 0 Å². The third-order valence-corrected chi connectivity index (χ3v) is 5.73. The summed E-state index contributed by atoms with van der Waals surface area (Å²) in [7, 11) is 1.62. The third kappa shape index (κ3) is 3.48. The first kappa shape index (κ1) is 19.2. The summed E-state index contributed by atoms with van der Waals surface area (Å²) in [4.78, 5) is 9.05. The Kier molecular flexibility index (Phi) is 5.00. The van der Waals surface area contributed by atoms with Gasteiger partial charge in [-0.25, -0.2) is 18.9 Å². The maximum atomic E-state index is 14.5. The monoisotopic (exact) mass is 412 g/mol. The standard InChI is InChI=1S/C21H25FN6O2/c1-30-17-9-18-25-16(11-29)20(28(18)27-19(17)12-4-5-12)15-7-6-14(22)21(26-15)24-13-3-2-8-23-10-13/h6-7,9,12-13,23,29H,2-5,8,10-11H2,1H3,(H,24,26). The Labute approximate surface area is 173 Å². The fraction of sp³-hybridized carbons (Fsp3) is 0.476. The van der Waals surface area contributed by atoms with Crippen molar-refractivity contribution in [3.8, 4) is 17.1 Å². The normalized spacial score (nSPS) is 19.2. The first-order valence-corrected chi connectivity index (χ1v) is 10.4. The first-order chi connectivity index (χ1) is 14.7. The van der Waals surface area contributed by atoms with Crippen molar-refractivity contribution in [1.29, 1.82) is 0 Å². The van der Waals surface area contributed by atoms with Crippen molar-refractivity contribution in [2.45, 2.75) is 44.2 Å². The van der Waals surface area contributed by atoms with E-state index in [9.17, 15) is 9.50 Å². The Bertz CT molecular complexity index is 1080. The molecule has 1 aliphatic carbocycles. The number of fused-ring (bicyclic) bond motifs is 1. The molecule has 3 N–H and O–H groups in total. The number of piperidine rings is 1. The minimum atomic E-state index is -0.406. The van der Waals surface area contributed by atoms with Gasteiger partial charge in [0.05, 0.1) is 25.1 Å². The molecule has 3 aromatic rings. The first-order valence-electron chi connectivity index (χ1n) is 10.4. The van der Waals surface area contributed by atoms with Gasteiger partial charge in [0.15, 0.2) is 17.3 Å². The van der Waals surface area contributed by atoms with Gasteiger partial charge in [0.25, 0.3) is 0 Å². The van der Waals surface area contributed by atoms with Gasteiger partial charge in [0.2, 0.25) is 0 Å². The van der Waals surface area contributed by atoms with E-state index >= 15 is 0 Å². The molecule has 1 saturated carbocycles. The van der Waals surface area contributed by atoms with E-state index < -0.39 is 5.82 Å². The molecular weight excluding hydrogens is 387 g/mol. The number of nitrogens with zero attached hydrogens (tertiary/aromatic N) is 4. The molecule has 5 rings (SSSR count). The van der Waals surface area contributed by atoms with Gasteiger partial charge in [0.1, 0.15) is 17.1 Å². The number of halogens is 1. The Balaban J connectivity index is 1.59. The molecule has 1 saturated heterocycles. The summed E-state index contributed by atoms with van der Waals surface area (Å²) in [6.45, 7) is 1.48. The van der Waals surface area contributed by atoms with Crippen molar-refractivity contribution in [3.63, 3.8) is 0 Å². The molecule has 3 aromatic heterocycles. The minimum Gasteiger partial charge on any atom is -0.495 e. The average molecular weight is 412 g/mol. The highest BCUT2D eigenvalue weighted by molar-refractivity contribution is 5.66. The zero-order valence-corrected chi connectivity index (χ0v) is 16.9. The fourth-order valence-electron chi connectivity index (χ4n) is 4.03. The van der Waals surface area contributed by atoms with Crippen LogP contribution in [0.4, 0.5) is 10.2 Å². The number of pyridine rings is 1. The lowest BCUT2D eigenvalue weighted by Crippen LogP contribution is -2.38. The smallest absolute Gasteiger partial charge is 0.165 e. The van der Waals surface area contributed by atoms with E-state index in [1.54, 1.807) is 17.7 Å². The van der Waals surface area contributed by atoms with E-state index in [2.05, 4.69) is 20.6 Å². The zero-order chi connectivity index (χ0) is 20.7. The van der Waals surface area contributed by atoms with Gasteiger partial charge in [-0.3, -0.25) is 0 Å². The second kappa shape index (κ2) is 7.81. The topological polar surface area (TPSA) is 96.6 Å². The van der Waals surface area contributed by atoms with Gasteiger partial charge in [0, 0.05) is 24.6 Å². The van der Waals surface area contributed by atoms with E-state index in [1.165, 1.54) is 6.07 Å². The highest BCUT2D eigenvalue weighted by atomic mass is 19.1. The molecule has 158 valence electrons.